The van der Waals surface area contributed by atoms with Gasteiger partial charge in [-0.15, -0.1) is 12.3 Å². The number of hydrogen-bond acceptors (Lipinski definition) is 3. The molecule has 1 aliphatic heterocycles. The lowest BCUT2D eigenvalue weighted by Crippen LogP contribution is -2.13. The molecule has 0 aromatic rings. The van der Waals surface area contributed by atoms with Gasteiger partial charge in [0, 0.05) is 31.5 Å². The van der Waals surface area contributed by atoms with E-state index in [0.717, 1.165) is 13.1 Å². The van der Waals surface area contributed by atoms with Crippen molar-refractivity contribution in [1.82, 2.24) is 4.31 Å². The molecular weight excluding hydrogens is 206 g/mol. The van der Waals surface area contributed by atoms with E-state index in [1.807, 2.05) is 6.92 Å². The lowest BCUT2D eigenvalue weighted by molar-refractivity contribution is -0.108. The average molecular weight is 223 g/mol. The number of carbonyl (C=O) groups is 1. The van der Waals surface area contributed by atoms with E-state index in [9.17, 15) is 4.79 Å². The maximum Gasteiger partial charge on any atom is 0.238 e. The van der Waals surface area contributed by atoms with Crippen molar-refractivity contribution < 1.29 is 4.79 Å². The first-order valence-corrected chi connectivity index (χ1v) is 6.03. The van der Waals surface area contributed by atoms with E-state index in [4.69, 9.17) is 0 Å². The molecule has 0 unspecified atom stereocenters. The summed E-state index contributed by atoms with van der Waals surface area (Å²) in [4.78, 5) is 11.8. The normalized spacial score (nSPS) is 15.8. The topological polar surface area (TPSA) is 20.3 Å². The fraction of sp³-hybridized carbons (Fsp3) is 0.500. The van der Waals surface area contributed by atoms with E-state index in [1.54, 1.807) is 12.2 Å². The van der Waals surface area contributed by atoms with Crippen LogP contribution in [0.5, 0.6) is 0 Å². The smallest absolute Gasteiger partial charge is 0.238 e. The minimum Gasteiger partial charge on any atom is -0.280 e. The van der Waals surface area contributed by atoms with Crippen LogP contribution in [0.4, 0.5) is 0 Å². The van der Waals surface area contributed by atoms with Gasteiger partial charge in [0.1, 0.15) is 0 Å². The van der Waals surface area contributed by atoms with Crippen molar-refractivity contribution in [3.63, 3.8) is 0 Å². The highest BCUT2D eigenvalue weighted by atomic mass is 32.2. The Morgan fingerprint density at radius 2 is 2.20 bits per heavy atom. The van der Waals surface area contributed by atoms with Crippen molar-refractivity contribution in [2.75, 3.05) is 13.1 Å². The van der Waals surface area contributed by atoms with Crippen LogP contribution in [0.3, 0.4) is 0 Å². The maximum absolute atomic E-state index is 11.8. The van der Waals surface area contributed by atoms with Crippen LogP contribution in [0.2, 0.25) is 0 Å². The van der Waals surface area contributed by atoms with Crippen LogP contribution >= 0.6 is 11.9 Å². The van der Waals surface area contributed by atoms with E-state index in [0.29, 0.717) is 12.0 Å². The van der Waals surface area contributed by atoms with Crippen LogP contribution in [-0.4, -0.2) is 22.5 Å². The number of hydrogen-bond donors (Lipinski definition) is 0. The van der Waals surface area contributed by atoms with Crippen LogP contribution < -0.4 is 0 Å². The molecular formula is C12H17NOS. The van der Waals surface area contributed by atoms with Gasteiger partial charge < -0.3 is 0 Å². The van der Waals surface area contributed by atoms with E-state index in [-0.39, 0.29) is 5.12 Å². The van der Waals surface area contributed by atoms with Gasteiger partial charge in [-0.05, 0) is 25.8 Å². The second kappa shape index (κ2) is 6.67. The highest BCUT2D eigenvalue weighted by Crippen LogP contribution is 2.22. The minimum absolute atomic E-state index is 0.106. The summed E-state index contributed by atoms with van der Waals surface area (Å²) in [6, 6.07) is 0. The lowest BCUT2D eigenvalue weighted by atomic mass is 10.2. The molecule has 0 aliphatic carbocycles. The van der Waals surface area contributed by atoms with Gasteiger partial charge in [-0.3, -0.25) is 4.79 Å². The SMILES string of the molecule is C=CCC(=C=CC)C(=O)SN1CCCC1. The summed E-state index contributed by atoms with van der Waals surface area (Å²) >= 11 is 1.32. The van der Waals surface area contributed by atoms with Gasteiger partial charge in [-0.1, -0.05) is 6.08 Å². The Balaban J connectivity index is 2.56. The van der Waals surface area contributed by atoms with Gasteiger partial charge >= 0.3 is 0 Å². The van der Waals surface area contributed by atoms with Crippen LogP contribution in [-0.2, 0) is 4.79 Å². The lowest BCUT2D eigenvalue weighted by Gasteiger charge is -2.11. The molecule has 0 aromatic heterocycles. The average Bonchev–Trinajstić information content (AvgIpc) is 2.70. The van der Waals surface area contributed by atoms with E-state index in [1.165, 1.54) is 24.8 Å². The molecule has 1 aliphatic rings. The molecule has 1 heterocycles. The van der Waals surface area contributed by atoms with Gasteiger partial charge in [0.2, 0.25) is 5.12 Å². The van der Waals surface area contributed by atoms with Crippen molar-refractivity contribution >= 4 is 17.1 Å². The summed E-state index contributed by atoms with van der Waals surface area (Å²) in [5.41, 5.74) is 3.69. The van der Waals surface area contributed by atoms with Gasteiger partial charge in [0.05, 0.1) is 5.57 Å². The summed E-state index contributed by atoms with van der Waals surface area (Å²) in [5.74, 6) is 0. The third-order valence-corrected chi connectivity index (χ3v) is 3.23. The largest absolute Gasteiger partial charge is 0.280 e. The van der Waals surface area contributed by atoms with Gasteiger partial charge in [0.15, 0.2) is 0 Å². The molecule has 1 rings (SSSR count). The zero-order valence-corrected chi connectivity index (χ0v) is 9.98. The Bertz CT molecular complexity index is 297. The summed E-state index contributed by atoms with van der Waals surface area (Å²) in [6.45, 7) is 7.56. The van der Waals surface area contributed by atoms with Crippen molar-refractivity contribution in [3.05, 3.63) is 30.0 Å². The molecule has 0 bridgehead atoms. The molecule has 1 fully saturated rings. The number of rotatable bonds is 4. The second-order valence-corrected chi connectivity index (χ2v) is 4.49. The molecule has 0 saturated carbocycles. The Morgan fingerprint density at radius 3 is 2.73 bits per heavy atom. The van der Waals surface area contributed by atoms with Gasteiger partial charge in [-0.25, -0.2) is 4.31 Å². The predicted molar refractivity (Wildman–Crippen MR) is 65.5 cm³/mol. The van der Waals surface area contributed by atoms with Crippen LogP contribution in [0.25, 0.3) is 0 Å². The summed E-state index contributed by atoms with van der Waals surface area (Å²) < 4.78 is 2.13. The first-order chi connectivity index (χ1) is 7.27. The summed E-state index contributed by atoms with van der Waals surface area (Å²) in [6.07, 6.45) is 6.52. The number of nitrogens with zero attached hydrogens (tertiary/aromatic N) is 1. The third kappa shape index (κ3) is 4.08. The molecule has 3 heteroatoms. The van der Waals surface area contributed by atoms with Crippen molar-refractivity contribution in [2.24, 2.45) is 0 Å². The quantitative estimate of drug-likeness (QED) is 0.316. The minimum atomic E-state index is 0.106. The number of carbonyl (C=O) groups excluding carboxylic acids is 1. The number of allylic oxidation sites excluding steroid dienone is 1. The molecule has 82 valence electrons. The zero-order chi connectivity index (χ0) is 11.1. The first kappa shape index (κ1) is 12.3. The first-order valence-electron chi connectivity index (χ1n) is 5.26. The molecule has 2 nitrogen and oxygen atoms in total. The Kier molecular flexibility index (Phi) is 5.48. The molecule has 0 atom stereocenters. The highest BCUT2D eigenvalue weighted by molar-refractivity contribution is 8.12. The van der Waals surface area contributed by atoms with Crippen LogP contribution in [0.15, 0.2) is 30.0 Å². The van der Waals surface area contributed by atoms with Crippen molar-refractivity contribution in [1.29, 1.82) is 0 Å². The fourth-order valence-corrected chi connectivity index (χ4v) is 2.40. The monoisotopic (exact) mass is 223 g/mol. The van der Waals surface area contributed by atoms with E-state index >= 15 is 0 Å². The third-order valence-electron chi connectivity index (χ3n) is 2.19. The van der Waals surface area contributed by atoms with Crippen molar-refractivity contribution in [3.8, 4) is 0 Å². The van der Waals surface area contributed by atoms with Crippen molar-refractivity contribution in [2.45, 2.75) is 26.2 Å². The Labute approximate surface area is 95.9 Å². The molecule has 1 saturated heterocycles. The second-order valence-electron chi connectivity index (χ2n) is 3.42. The fourth-order valence-electron chi connectivity index (χ4n) is 1.47. The van der Waals surface area contributed by atoms with E-state index in [2.05, 4.69) is 16.6 Å². The molecule has 15 heavy (non-hydrogen) atoms. The molecule has 0 spiro atoms. The summed E-state index contributed by atoms with van der Waals surface area (Å²) in [5, 5.41) is 0.106. The Hall–Kier alpha value is -0.760. The molecule has 0 aromatic carbocycles. The molecule has 0 amide bonds. The Morgan fingerprint density at radius 1 is 1.53 bits per heavy atom. The molecule has 0 N–H and O–H groups in total. The summed E-state index contributed by atoms with van der Waals surface area (Å²) in [7, 11) is 0. The standard InChI is InChI=1S/C12H17NOS/c1-3-7-11(8-4-2)12(14)15-13-9-5-6-10-13/h3-4H,1,5-7,9-10H2,2H3. The van der Waals surface area contributed by atoms with Gasteiger partial charge in [0.25, 0.3) is 0 Å². The van der Waals surface area contributed by atoms with E-state index < -0.39 is 0 Å². The predicted octanol–water partition coefficient (Wildman–Crippen LogP) is 2.93. The van der Waals surface area contributed by atoms with Crippen LogP contribution in [0.1, 0.15) is 26.2 Å². The zero-order valence-electron chi connectivity index (χ0n) is 9.16. The van der Waals surface area contributed by atoms with Gasteiger partial charge in [-0.2, -0.15) is 0 Å². The highest BCUT2D eigenvalue weighted by Gasteiger charge is 2.18. The molecule has 0 radical (unpaired) electrons. The van der Waals surface area contributed by atoms with Crippen LogP contribution in [0, 0.1) is 0 Å². The maximum atomic E-state index is 11.8.